The topological polar surface area (TPSA) is 50.2 Å². The molecule has 1 amide bonds. The minimum absolute atomic E-state index is 0. The summed E-state index contributed by atoms with van der Waals surface area (Å²) < 4.78 is 1.87. The van der Waals surface area contributed by atoms with Crippen LogP contribution in [0.2, 0.25) is 5.02 Å². The fraction of sp³-hybridized carbons (Fsp3) is 0.524. The number of nitrogens with one attached hydrogen (secondary N) is 1. The molecule has 7 heteroatoms. The summed E-state index contributed by atoms with van der Waals surface area (Å²) in [6, 6.07) is 7.56. The molecule has 0 bridgehead atoms. The van der Waals surface area contributed by atoms with Gasteiger partial charge in [0.05, 0.1) is 23.1 Å². The van der Waals surface area contributed by atoms with E-state index in [9.17, 15) is 4.79 Å². The number of nitrogens with zero attached hydrogens (tertiary/aromatic N) is 3. The Morgan fingerprint density at radius 2 is 1.89 bits per heavy atom. The number of amides is 1. The second kappa shape index (κ2) is 10.3. The molecule has 1 aliphatic rings. The smallest absolute Gasteiger partial charge is 0.257 e. The molecule has 0 saturated carbocycles. The molecule has 2 aromatic rings. The minimum atomic E-state index is 0. The summed E-state index contributed by atoms with van der Waals surface area (Å²) in [7, 11) is 1.99. The predicted octanol–water partition coefficient (Wildman–Crippen LogP) is 4.53. The summed E-state index contributed by atoms with van der Waals surface area (Å²) in [5.74, 6) is 1.00. The standard InChI is InChI=1S/C21H29ClN4O.ClH/c1-15(2)20-19(14-24-26(20)18-6-4-17(22)5-7-18)21(27)25-12-9-16(10-13-25)8-11-23-3;/h4-7,14-16,23H,8-13H2,1-3H3;1H. The van der Waals surface area contributed by atoms with E-state index in [2.05, 4.69) is 24.3 Å². The summed E-state index contributed by atoms with van der Waals surface area (Å²) in [5.41, 5.74) is 2.60. The van der Waals surface area contributed by atoms with Gasteiger partial charge in [-0.05, 0) is 69.0 Å². The van der Waals surface area contributed by atoms with E-state index >= 15 is 0 Å². The van der Waals surface area contributed by atoms with Crippen LogP contribution >= 0.6 is 24.0 Å². The van der Waals surface area contributed by atoms with E-state index in [0.29, 0.717) is 16.5 Å². The number of rotatable bonds is 6. The molecule has 0 unspecified atom stereocenters. The van der Waals surface area contributed by atoms with Crippen molar-refractivity contribution < 1.29 is 4.79 Å². The first-order valence-corrected chi connectivity index (χ1v) is 10.2. The van der Waals surface area contributed by atoms with Crippen LogP contribution in [0.3, 0.4) is 0 Å². The maximum atomic E-state index is 13.2. The molecule has 2 heterocycles. The lowest BCUT2D eigenvalue weighted by Gasteiger charge is -2.32. The van der Waals surface area contributed by atoms with E-state index in [1.54, 1.807) is 6.20 Å². The van der Waals surface area contributed by atoms with Crippen molar-refractivity contribution in [1.82, 2.24) is 20.0 Å². The van der Waals surface area contributed by atoms with Crippen molar-refractivity contribution in [3.63, 3.8) is 0 Å². The molecule has 154 valence electrons. The lowest BCUT2D eigenvalue weighted by Crippen LogP contribution is -2.39. The van der Waals surface area contributed by atoms with Crippen molar-refractivity contribution in [1.29, 1.82) is 0 Å². The molecule has 0 radical (unpaired) electrons. The molecule has 1 N–H and O–H groups in total. The zero-order valence-corrected chi connectivity index (χ0v) is 18.4. The molecule has 28 heavy (non-hydrogen) atoms. The van der Waals surface area contributed by atoms with E-state index in [1.165, 1.54) is 6.42 Å². The van der Waals surface area contributed by atoms with E-state index in [0.717, 1.165) is 43.9 Å². The Kier molecular flexibility index (Phi) is 8.35. The second-order valence-corrected chi connectivity index (χ2v) is 8.05. The Hall–Kier alpha value is -1.56. The Labute approximate surface area is 178 Å². The number of hydrogen-bond acceptors (Lipinski definition) is 3. The van der Waals surface area contributed by atoms with Crippen LogP contribution in [0.4, 0.5) is 0 Å². The summed E-state index contributed by atoms with van der Waals surface area (Å²) in [5, 5.41) is 8.43. The monoisotopic (exact) mass is 424 g/mol. The van der Waals surface area contributed by atoms with Gasteiger partial charge in [0.15, 0.2) is 0 Å². The van der Waals surface area contributed by atoms with Crippen LogP contribution in [0.5, 0.6) is 0 Å². The first kappa shape index (κ1) is 22.7. The third kappa shape index (κ3) is 5.07. The van der Waals surface area contributed by atoms with E-state index in [-0.39, 0.29) is 24.2 Å². The molecule has 0 spiro atoms. The summed E-state index contributed by atoms with van der Waals surface area (Å²) in [4.78, 5) is 15.2. The number of piperidine rings is 1. The average molecular weight is 425 g/mol. The van der Waals surface area contributed by atoms with Gasteiger partial charge in [-0.15, -0.1) is 12.4 Å². The van der Waals surface area contributed by atoms with Crippen molar-refractivity contribution in [3.05, 3.63) is 46.7 Å². The Balaban J connectivity index is 0.00000280. The van der Waals surface area contributed by atoms with Crippen LogP contribution in [0, 0.1) is 5.92 Å². The molecular formula is C21H30Cl2N4O. The fourth-order valence-corrected chi connectivity index (χ4v) is 3.94. The molecule has 1 aromatic heterocycles. The van der Waals surface area contributed by atoms with Crippen LogP contribution in [0.1, 0.15) is 55.1 Å². The highest BCUT2D eigenvalue weighted by atomic mass is 35.5. The molecule has 3 rings (SSSR count). The fourth-order valence-electron chi connectivity index (χ4n) is 3.81. The third-order valence-electron chi connectivity index (χ3n) is 5.36. The molecule has 1 aromatic carbocycles. The SMILES string of the molecule is CNCCC1CCN(C(=O)c2cnn(-c3ccc(Cl)cc3)c2C(C)C)CC1.Cl. The van der Waals surface area contributed by atoms with Gasteiger partial charge in [-0.3, -0.25) is 4.79 Å². The molecule has 5 nitrogen and oxygen atoms in total. The number of carbonyl (C=O) groups is 1. The molecule has 1 fully saturated rings. The summed E-state index contributed by atoms with van der Waals surface area (Å²) in [6.45, 7) is 6.91. The molecule has 0 aliphatic carbocycles. The largest absolute Gasteiger partial charge is 0.339 e. The van der Waals surface area contributed by atoms with Gasteiger partial charge in [-0.25, -0.2) is 4.68 Å². The third-order valence-corrected chi connectivity index (χ3v) is 5.61. The Morgan fingerprint density at radius 3 is 2.46 bits per heavy atom. The maximum absolute atomic E-state index is 13.2. The highest BCUT2D eigenvalue weighted by Crippen LogP contribution is 2.27. The Morgan fingerprint density at radius 1 is 1.25 bits per heavy atom. The van der Waals surface area contributed by atoms with Gasteiger partial charge in [0, 0.05) is 18.1 Å². The molecule has 1 saturated heterocycles. The lowest BCUT2D eigenvalue weighted by atomic mass is 9.93. The second-order valence-electron chi connectivity index (χ2n) is 7.61. The zero-order valence-electron chi connectivity index (χ0n) is 16.8. The van der Waals surface area contributed by atoms with E-state index in [4.69, 9.17) is 11.6 Å². The first-order chi connectivity index (χ1) is 13.0. The van der Waals surface area contributed by atoms with Crippen molar-refractivity contribution in [3.8, 4) is 5.69 Å². The van der Waals surface area contributed by atoms with Gasteiger partial charge >= 0.3 is 0 Å². The van der Waals surface area contributed by atoms with Gasteiger partial charge in [0.1, 0.15) is 0 Å². The normalized spacial score (nSPS) is 15.0. The highest BCUT2D eigenvalue weighted by Gasteiger charge is 2.28. The maximum Gasteiger partial charge on any atom is 0.257 e. The van der Waals surface area contributed by atoms with Crippen LogP contribution in [-0.2, 0) is 0 Å². The summed E-state index contributed by atoms with van der Waals surface area (Å²) >= 11 is 6.01. The number of benzene rings is 1. The van der Waals surface area contributed by atoms with Crippen molar-refractivity contribution in [2.24, 2.45) is 5.92 Å². The molecule has 1 aliphatic heterocycles. The van der Waals surface area contributed by atoms with Gasteiger partial charge < -0.3 is 10.2 Å². The van der Waals surface area contributed by atoms with Crippen LogP contribution in [0.25, 0.3) is 5.69 Å². The van der Waals surface area contributed by atoms with Gasteiger partial charge in [0.25, 0.3) is 5.91 Å². The zero-order chi connectivity index (χ0) is 19.4. The predicted molar refractivity (Wildman–Crippen MR) is 117 cm³/mol. The van der Waals surface area contributed by atoms with E-state index < -0.39 is 0 Å². The van der Waals surface area contributed by atoms with Gasteiger partial charge in [-0.1, -0.05) is 25.4 Å². The first-order valence-electron chi connectivity index (χ1n) is 9.79. The minimum Gasteiger partial charge on any atom is -0.339 e. The quantitative estimate of drug-likeness (QED) is 0.740. The molecule has 0 atom stereocenters. The van der Waals surface area contributed by atoms with Crippen LogP contribution < -0.4 is 5.32 Å². The van der Waals surface area contributed by atoms with E-state index in [1.807, 2.05) is 40.9 Å². The lowest BCUT2D eigenvalue weighted by molar-refractivity contribution is 0.0685. The number of halogens is 2. The molecular weight excluding hydrogens is 395 g/mol. The van der Waals surface area contributed by atoms with Crippen LogP contribution in [-0.4, -0.2) is 47.3 Å². The van der Waals surface area contributed by atoms with Crippen molar-refractivity contribution in [2.45, 2.75) is 39.0 Å². The summed E-state index contributed by atoms with van der Waals surface area (Å²) in [6.07, 6.45) is 5.06. The van der Waals surface area contributed by atoms with Crippen molar-refractivity contribution in [2.75, 3.05) is 26.7 Å². The number of aromatic nitrogens is 2. The number of hydrogen-bond donors (Lipinski definition) is 1. The van der Waals surface area contributed by atoms with Gasteiger partial charge in [0.2, 0.25) is 0 Å². The average Bonchev–Trinajstić information content (AvgIpc) is 3.12. The van der Waals surface area contributed by atoms with Gasteiger partial charge in [-0.2, -0.15) is 5.10 Å². The van der Waals surface area contributed by atoms with Crippen LogP contribution in [0.15, 0.2) is 30.5 Å². The number of carbonyl (C=O) groups excluding carboxylic acids is 1. The highest BCUT2D eigenvalue weighted by molar-refractivity contribution is 6.30. The van der Waals surface area contributed by atoms with Crippen molar-refractivity contribution >= 4 is 29.9 Å². The Bertz CT molecular complexity index is 765. The number of likely N-dealkylation sites (tertiary alicyclic amines) is 1.